The van der Waals surface area contributed by atoms with Crippen molar-refractivity contribution in [2.24, 2.45) is 11.3 Å². The van der Waals surface area contributed by atoms with Gasteiger partial charge in [-0.2, -0.15) is 13.2 Å². The van der Waals surface area contributed by atoms with Crippen molar-refractivity contribution in [3.05, 3.63) is 118 Å². The lowest BCUT2D eigenvalue weighted by Gasteiger charge is -2.39. The third-order valence-electron chi connectivity index (χ3n) is 12.3. The van der Waals surface area contributed by atoms with E-state index in [1.54, 1.807) is 30.5 Å². The van der Waals surface area contributed by atoms with Gasteiger partial charge in [0.1, 0.15) is 17.1 Å². The molecule has 0 radical (unpaired) electrons. The van der Waals surface area contributed by atoms with Crippen molar-refractivity contribution >= 4 is 49.6 Å². The van der Waals surface area contributed by atoms with Crippen LogP contribution in [0.15, 0.2) is 95.7 Å². The number of nitrogens with zero attached hydrogens (tertiary/aromatic N) is 4. The van der Waals surface area contributed by atoms with Crippen molar-refractivity contribution in [1.29, 1.82) is 0 Å². The Hall–Kier alpha value is -5.98. The van der Waals surface area contributed by atoms with E-state index >= 15 is 0 Å². The number of para-hydroxylation sites is 1. The van der Waals surface area contributed by atoms with Crippen LogP contribution < -0.4 is 19.7 Å². The van der Waals surface area contributed by atoms with Gasteiger partial charge in [0.15, 0.2) is 5.75 Å². The van der Waals surface area contributed by atoms with Gasteiger partial charge in [0.2, 0.25) is 0 Å². The number of carbonyl (C=O) groups excluding carboxylic acids is 1. The molecule has 0 unspecified atom stereocenters. The first-order chi connectivity index (χ1) is 30.5. The highest BCUT2D eigenvalue weighted by molar-refractivity contribution is 7.90. The molecule has 0 atom stereocenters. The molecule has 1 aliphatic carbocycles. The smallest absolute Gasteiger partial charge is 0.416 e. The summed E-state index contributed by atoms with van der Waals surface area (Å²) in [5.74, 6) is -0.383. The first kappa shape index (κ1) is 44.6. The molecule has 2 saturated heterocycles. The molecule has 14 nitrogen and oxygen atoms in total. The Morgan fingerprint density at radius 1 is 1.03 bits per heavy atom. The normalized spacial score (nSPS) is 17.7. The number of aromatic nitrogens is 2. The highest BCUT2D eigenvalue weighted by atomic mass is 32.2. The number of amides is 1. The zero-order valence-electron chi connectivity index (χ0n) is 35.5. The van der Waals surface area contributed by atoms with Gasteiger partial charge in [-0.1, -0.05) is 37.6 Å². The molecule has 0 spiro atoms. The molecule has 2 aromatic heterocycles. The van der Waals surface area contributed by atoms with Crippen LogP contribution in [0, 0.1) is 21.4 Å². The molecule has 2 aliphatic heterocycles. The van der Waals surface area contributed by atoms with Crippen molar-refractivity contribution in [1.82, 2.24) is 19.6 Å². The number of allylic oxidation sites excluding steroid dienone is 1. The van der Waals surface area contributed by atoms with Gasteiger partial charge < -0.3 is 24.7 Å². The zero-order chi connectivity index (χ0) is 45.2. The van der Waals surface area contributed by atoms with Crippen molar-refractivity contribution in [3.63, 3.8) is 0 Å². The number of benzene rings is 3. The molecule has 3 aliphatic rings. The Morgan fingerprint density at radius 3 is 2.55 bits per heavy atom. The largest absolute Gasteiger partial charge is 0.453 e. The molecule has 4 heterocycles. The standard InChI is InChI=1S/C46H50F3N7O7S/c1-45(2)15-11-33(38(26-45)31-5-3-6-34(23-31)46(47,48)49)29-54-17-19-55(20-18-54)40-8-4-7-37(42(40)63-35-24-32-12-16-50-43(32)52-28-35)44(57)53-64(60,61)36-9-10-39(41(25-36)56(58)59)51-27-30-13-21-62-22-14-30/h3-10,12,16,23-25,28,30,51H,11,13-15,17-22,26-27,29H2,1-2H3,(H,50,52)(H,53,57). The summed E-state index contributed by atoms with van der Waals surface area (Å²) < 4.78 is 82.7. The fourth-order valence-electron chi connectivity index (χ4n) is 8.69. The van der Waals surface area contributed by atoms with Crippen LogP contribution in [0.3, 0.4) is 0 Å². The maximum Gasteiger partial charge on any atom is 0.416 e. The number of rotatable bonds is 13. The summed E-state index contributed by atoms with van der Waals surface area (Å²) in [5.41, 5.74) is 2.69. The van der Waals surface area contributed by atoms with Gasteiger partial charge in [-0.3, -0.25) is 19.8 Å². The second kappa shape index (κ2) is 18.3. The van der Waals surface area contributed by atoms with Crippen LogP contribution in [0.4, 0.5) is 30.2 Å². The number of nitrogens with one attached hydrogen (secondary N) is 3. The molecular weight excluding hydrogens is 852 g/mol. The maximum atomic E-state index is 14.1. The molecule has 2 fully saturated rings. The summed E-state index contributed by atoms with van der Waals surface area (Å²) in [4.78, 5) is 36.9. The summed E-state index contributed by atoms with van der Waals surface area (Å²) in [5, 5.41) is 15.9. The molecule has 3 aromatic carbocycles. The Balaban J connectivity index is 1.04. The van der Waals surface area contributed by atoms with E-state index in [0.717, 1.165) is 54.3 Å². The number of aromatic amines is 1. The minimum absolute atomic E-state index is 0.0649. The number of carbonyl (C=O) groups is 1. The first-order valence-corrected chi connectivity index (χ1v) is 22.8. The quantitative estimate of drug-likeness (QED) is 0.0761. The van der Waals surface area contributed by atoms with Crippen LogP contribution in [0.5, 0.6) is 11.5 Å². The van der Waals surface area contributed by atoms with Crippen LogP contribution in [0.2, 0.25) is 0 Å². The van der Waals surface area contributed by atoms with Crippen molar-refractivity contribution in [2.75, 3.05) is 62.7 Å². The number of nitro benzene ring substituents is 1. The average molecular weight is 902 g/mol. The summed E-state index contributed by atoms with van der Waals surface area (Å²) in [6.07, 6.45) is 2.70. The Labute approximate surface area is 369 Å². The van der Waals surface area contributed by atoms with Crippen molar-refractivity contribution in [3.8, 4) is 11.5 Å². The van der Waals surface area contributed by atoms with Crippen LogP contribution in [-0.4, -0.2) is 86.6 Å². The van der Waals surface area contributed by atoms with Gasteiger partial charge in [-0.15, -0.1) is 0 Å². The lowest BCUT2D eigenvalue weighted by molar-refractivity contribution is -0.384. The molecule has 0 saturated carbocycles. The number of fused-ring (bicyclic) bond motifs is 1. The summed E-state index contributed by atoms with van der Waals surface area (Å²) in [6.45, 7) is 8.69. The first-order valence-electron chi connectivity index (χ1n) is 21.3. The lowest BCUT2D eigenvalue weighted by Crippen LogP contribution is -2.47. The number of halogens is 3. The van der Waals surface area contributed by atoms with Crippen LogP contribution in [0.25, 0.3) is 16.6 Å². The summed E-state index contributed by atoms with van der Waals surface area (Å²) >= 11 is 0. The average Bonchev–Trinajstić information content (AvgIpc) is 3.75. The summed E-state index contributed by atoms with van der Waals surface area (Å²) in [7, 11) is -4.63. The minimum atomic E-state index is -4.63. The topological polar surface area (TPSA) is 172 Å². The van der Waals surface area contributed by atoms with Gasteiger partial charge in [0.05, 0.1) is 32.8 Å². The van der Waals surface area contributed by atoms with Gasteiger partial charge in [-0.05, 0) is 103 Å². The van der Waals surface area contributed by atoms with Crippen LogP contribution >= 0.6 is 0 Å². The molecule has 8 rings (SSSR count). The third kappa shape index (κ3) is 10.2. The SMILES string of the molecule is CC1(C)CCC(CN2CCN(c3cccc(C(=O)NS(=O)(=O)c4ccc(NCC5CCOCC5)c([N+](=O)[O-])c4)c3Oc3cnc4[nH]ccc4c3)CC2)=C(c2cccc(C(F)(F)F)c2)C1. The van der Waals surface area contributed by atoms with E-state index in [0.29, 0.717) is 81.6 Å². The fourth-order valence-corrected chi connectivity index (χ4v) is 9.67. The maximum absolute atomic E-state index is 14.1. The second-order valence-corrected chi connectivity index (χ2v) is 19.1. The molecule has 5 aromatic rings. The van der Waals surface area contributed by atoms with Gasteiger partial charge in [0.25, 0.3) is 21.6 Å². The van der Waals surface area contributed by atoms with E-state index in [1.807, 2.05) is 11.0 Å². The Bertz CT molecular complexity index is 2690. The van der Waals surface area contributed by atoms with E-state index in [-0.39, 0.29) is 28.3 Å². The predicted octanol–water partition coefficient (Wildman–Crippen LogP) is 9.03. The number of alkyl halides is 3. The number of ether oxygens (including phenoxy) is 2. The molecule has 64 heavy (non-hydrogen) atoms. The second-order valence-electron chi connectivity index (χ2n) is 17.4. The number of nitro groups is 1. The number of pyridine rings is 1. The highest BCUT2D eigenvalue weighted by Crippen LogP contribution is 2.45. The summed E-state index contributed by atoms with van der Waals surface area (Å²) in [6, 6.07) is 17.5. The van der Waals surface area contributed by atoms with Gasteiger partial charge in [0, 0.05) is 70.1 Å². The minimum Gasteiger partial charge on any atom is -0.453 e. The van der Waals surface area contributed by atoms with E-state index < -0.39 is 43.2 Å². The highest BCUT2D eigenvalue weighted by Gasteiger charge is 2.34. The number of hydrogen-bond acceptors (Lipinski definition) is 11. The van der Waals surface area contributed by atoms with E-state index in [2.05, 4.69) is 38.8 Å². The molecule has 3 N–H and O–H groups in total. The van der Waals surface area contributed by atoms with Crippen LogP contribution in [0.1, 0.15) is 67.4 Å². The zero-order valence-corrected chi connectivity index (χ0v) is 36.4. The number of hydrogen-bond donors (Lipinski definition) is 3. The number of H-pyrrole nitrogens is 1. The number of anilines is 2. The van der Waals surface area contributed by atoms with Crippen molar-refractivity contribution < 1.29 is 40.8 Å². The molecule has 1 amide bonds. The third-order valence-corrected chi connectivity index (χ3v) is 13.6. The fraction of sp³-hybridized carbons (Fsp3) is 0.391. The Kier molecular flexibility index (Phi) is 12.7. The van der Waals surface area contributed by atoms with Crippen molar-refractivity contribution in [2.45, 2.75) is 57.0 Å². The Morgan fingerprint density at radius 2 is 1.80 bits per heavy atom. The number of piperazine rings is 1. The molecule has 18 heteroatoms. The van der Waals surface area contributed by atoms with Gasteiger partial charge >= 0.3 is 6.18 Å². The van der Waals surface area contributed by atoms with Crippen LogP contribution in [-0.2, 0) is 20.9 Å². The number of sulfonamides is 1. The lowest BCUT2D eigenvalue weighted by atomic mass is 9.72. The van der Waals surface area contributed by atoms with E-state index in [1.165, 1.54) is 36.5 Å². The van der Waals surface area contributed by atoms with E-state index in [4.69, 9.17) is 9.47 Å². The predicted molar refractivity (Wildman–Crippen MR) is 237 cm³/mol. The molecule has 0 bridgehead atoms. The van der Waals surface area contributed by atoms with Gasteiger partial charge in [-0.25, -0.2) is 18.1 Å². The van der Waals surface area contributed by atoms with E-state index in [9.17, 15) is 36.5 Å². The monoisotopic (exact) mass is 901 g/mol. The molecule has 338 valence electrons. The molecular formula is C46H50F3N7O7S.